The molecule has 0 saturated carbocycles. The third-order valence-corrected chi connectivity index (χ3v) is 5.82. The molecule has 0 bridgehead atoms. The van der Waals surface area contributed by atoms with Gasteiger partial charge in [-0.1, -0.05) is 35.4 Å². The van der Waals surface area contributed by atoms with E-state index in [1.807, 2.05) is 32.9 Å². The Kier molecular flexibility index (Phi) is 5.98. The Labute approximate surface area is 160 Å². The fourth-order valence-electron chi connectivity index (χ4n) is 2.74. The first-order chi connectivity index (χ1) is 12.0. The van der Waals surface area contributed by atoms with Crippen LogP contribution in [0.15, 0.2) is 36.4 Å². The van der Waals surface area contributed by atoms with Crippen LogP contribution in [0, 0.1) is 13.8 Å². The van der Waals surface area contributed by atoms with Crippen LogP contribution in [0.1, 0.15) is 40.0 Å². The van der Waals surface area contributed by atoms with E-state index < -0.39 is 10.0 Å². The quantitative estimate of drug-likeness (QED) is 0.837. The summed E-state index contributed by atoms with van der Waals surface area (Å²) in [4.78, 5) is 12.6. The summed E-state index contributed by atoms with van der Waals surface area (Å²) in [5.74, 6) is -0.309. The second-order valence-electron chi connectivity index (χ2n) is 6.45. The first-order valence-corrected chi connectivity index (χ1v) is 10.3. The number of halogens is 1. The molecule has 2 aromatic rings. The maximum absolute atomic E-state index is 12.6. The number of aryl methyl sites for hydroxylation is 2. The van der Waals surface area contributed by atoms with Gasteiger partial charge in [0.05, 0.1) is 28.6 Å². The molecule has 0 saturated heterocycles. The zero-order valence-electron chi connectivity index (χ0n) is 15.5. The Bertz CT molecular complexity index is 942. The van der Waals surface area contributed by atoms with E-state index in [0.29, 0.717) is 11.3 Å². The normalized spacial score (nSPS) is 12.5. The van der Waals surface area contributed by atoms with Crippen molar-refractivity contribution in [2.45, 2.75) is 26.8 Å². The lowest BCUT2D eigenvalue weighted by Gasteiger charge is -2.19. The lowest BCUT2D eigenvalue weighted by molar-refractivity contribution is 0.0940. The second-order valence-corrected chi connectivity index (χ2v) is 8.87. The number of amides is 1. The average Bonchev–Trinajstić information content (AvgIpc) is 2.52. The van der Waals surface area contributed by atoms with Crippen LogP contribution < -0.4 is 9.62 Å². The summed E-state index contributed by atoms with van der Waals surface area (Å²) in [6.07, 6.45) is 1.10. The summed E-state index contributed by atoms with van der Waals surface area (Å²) < 4.78 is 24.4. The van der Waals surface area contributed by atoms with Crippen LogP contribution in [-0.4, -0.2) is 27.6 Å². The van der Waals surface area contributed by atoms with Crippen molar-refractivity contribution in [1.29, 1.82) is 0 Å². The van der Waals surface area contributed by atoms with E-state index in [1.165, 1.54) is 24.7 Å². The largest absolute Gasteiger partial charge is 0.345 e. The minimum absolute atomic E-state index is 0.183. The van der Waals surface area contributed by atoms with Crippen LogP contribution in [0.25, 0.3) is 0 Å². The Hall–Kier alpha value is -2.05. The zero-order chi connectivity index (χ0) is 19.6. The van der Waals surface area contributed by atoms with Gasteiger partial charge in [0.2, 0.25) is 10.0 Å². The molecule has 0 fully saturated rings. The first kappa shape index (κ1) is 20.3. The third kappa shape index (κ3) is 4.56. The molecule has 2 aromatic carbocycles. The maximum atomic E-state index is 12.6. The highest BCUT2D eigenvalue weighted by atomic mass is 35.5. The average molecular weight is 395 g/mol. The van der Waals surface area contributed by atoms with E-state index in [2.05, 4.69) is 11.4 Å². The van der Waals surface area contributed by atoms with Gasteiger partial charge in [-0.15, -0.1) is 0 Å². The summed E-state index contributed by atoms with van der Waals surface area (Å²) in [6.45, 7) is 5.94. The van der Waals surface area contributed by atoms with E-state index >= 15 is 0 Å². The number of anilines is 1. The first-order valence-electron chi connectivity index (χ1n) is 8.12. The number of rotatable bonds is 5. The summed E-state index contributed by atoms with van der Waals surface area (Å²) in [5, 5.41) is 3.13. The van der Waals surface area contributed by atoms with E-state index in [4.69, 9.17) is 11.6 Å². The molecule has 0 spiro atoms. The van der Waals surface area contributed by atoms with Gasteiger partial charge in [0.1, 0.15) is 0 Å². The number of sulfonamides is 1. The summed E-state index contributed by atoms with van der Waals surface area (Å²) in [5.41, 5.74) is 4.01. The Morgan fingerprint density at radius 1 is 1.15 bits per heavy atom. The topological polar surface area (TPSA) is 66.5 Å². The van der Waals surface area contributed by atoms with E-state index in [0.717, 1.165) is 21.7 Å². The molecule has 1 N–H and O–H groups in total. The van der Waals surface area contributed by atoms with Gasteiger partial charge in [0.25, 0.3) is 5.91 Å². The minimum atomic E-state index is -3.39. The van der Waals surface area contributed by atoms with Crippen LogP contribution >= 0.6 is 11.6 Å². The number of hydrogen-bond acceptors (Lipinski definition) is 3. The van der Waals surface area contributed by atoms with Gasteiger partial charge in [-0.3, -0.25) is 9.10 Å². The Morgan fingerprint density at radius 2 is 1.81 bits per heavy atom. The van der Waals surface area contributed by atoms with Gasteiger partial charge < -0.3 is 5.32 Å². The van der Waals surface area contributed by atoms with Crippen LogP contribution in [0.2, 0.25) is 5.02 Å². The predicted molar refractivity (Wildman–Crippen MR) is 106 cm³/mol. The van der Waals surface area contributed by atoms with Crippen molar-refractivity contribution in [2.24, 2.45) is 0 Å². The van der Waals surface area contributed by atoms with Crippen molar-refractivity contribution in [2.75, 3.05) is 17.6 Å². The molecule has 0 aliphatic rings. The lowest BCUT2D eigenvalue weighted by Crippen LogP contribution is -2.28. The number of carbonyl (C=O) groups is 1. The highest BCUT2D eigenvalue weighted by molar-refractivity contribution is 7.92. The number of nitrogens with zero attached hydrogens (tertiary/aromatic N) is 1. The highest BCUT2D eigenvalue weighted by Crippen LogP contribution is 2.25. The summed E-state index contributed by atoms with van der Waals surface area (Å²) >= 11 is 6.22. The predicted octanol–water partition coefficient (Wildman–Crippen LogP) is 3.84. The van der Waals surface area contributed by atoms with E-state index in [-0.39, 0.29) is 17.0 Å². The smallest absolute Gasteiger partial charge is 0.253 e. The van der Waals surface area contributed by atoms with Crippen molar-refractivity contribution in [3.05, 3.63) is 63.7 Å². The van der Waals surface area contributed by atoms with Crippen LogP contribution in [0.3, 0.4) is 0 Å². The fourth-order valence-corrected chi connectivity index (χ4v) is 3.50. The number of hydrogen-bond donors (Lipinski definition) is 1. The minimum Gasteiger partial charge on any atom is -0.345 e. The van der Waals surface area contributed by atoms with E-state index in [9.17, 15) is 13.2 Å². The van der Waals surface area contributed by atoms with Crippen molar-refractivity contribution < 1.29 is 13.2 Å². The molecular formula is C19H23ClN2O3S. The molecule has 140 valence electrons. The van der Waals surface area contributed by atoms with Gasteiger partial charge in [0, 0.05) is 7.05 Å². The third-order valence-electron chi connectivity index (χ3n) is 4.30. The number of benzene rings is 2. The standard InChI is InChI=1S/C19H23ClN2O3S/c1-12-6-8-16(13(2)10-12)14(3)21-19(23)17-9-7-15(11-18(17)20)22(4)26(5,24)25/h6-11,14H,1-5H3,(H,21,23)/t14-/m0/s1. The molecule has 0 heterocycles. The van der Waals surface area contributed by atoms with Crippen molar-refractivity contribution >= 4 is 33.2 Å². The van der Waals surface area contributed by atoms with Gasteiger partial charge >= 0.3 is 0 Å². The number of carbonyl (C=O) groups excluding carboxylic acids is 1. The highest BCUT2D eigenvalue weighted by Gasteiger charge is 2.18. The van der Waals surface area contributed by atoms with Crippen LogP contribution in [-0.2, 0) is 10.0 Å². The van der Waals surface area contributed by atoms with Crippen molar-refractivity contribution in [3.8, 4) is 0 Å². The molecule has 0 aliphatic heterocycles. The van der Waals surface area contributed by atoms with Crippen molar-refractivity contribution in [3.63, 3.8) is 0 Å². The monoisotopic (exact) mass is 394 g/mol. The molecule has 7 heteroatoms. The van der Waals surface area contributed by atoms with Crippen LogP contribution in [0.5, 0.6) is 0 Å². The molecule has 0 aromatic heterocycles. The maximum Gasteiger partial charge on any atom is 0.253 e. The summed E-state index contributed by atoms with van der Waals surface area (Å²) in [7, 11) is -1.96. The molecule has 0 radical (unpaired) electrons. The zero-order valence-corrected chi connectivity index (χ0v) is 17.1. The number of nitrogens with one attached hydrogen (secondary N) is 1. The molecule has 1 atom stereocenters. The van der Waals surface area contributed by atoms with Crippen LogP contribution in [0.4, 0.5) is 5.69 Å². The second kappa shape index (κ2) is 7.68. The molecule has 2 rings (SSSR count). The van der Waals surface area contributed by atoms with Gasteiger partial charge in [-0.05, 0) is 50.1 Å². The van der Waals surface area contributed by atoms with Gasteiger partial charge in [0.15, 0.2) is 0 Å². The molecule has 5 nitrogen and oxygen atoms in total. The summed E-state index contributed by atoms with van der Waals surface area (Å²) in [6, 6.07) is 10.5. The molecule has 0 aliphatic carbocycles. The SMILES string of the molecule is Cc1ccc([C@H](C)NC(=O)c2ccc(N(C)S(C)(=O)=O)cc2Cl)c(C)c1. The fraction of sp³-hybridized carbons (Fsp3) is 0.316. The van der Waals surface area contributed by atoms with Gasteiger partial charge in [-0.25, -0.2) is 8.42 Å². The molecule has 26 heavy (non-hydrogen) atoms. The van der Waals surface area contributed by atoms with Gasteiger partial charge in [-0.2, -0.15) is 0 Å². The molecule has 1 amide bonds. The lowest BCUT2D eigenvalue weighted by atomic mass is 10.00. The molecular weight excluding hydrogens is 372 g/mol. The van der Waals surface area contributed by atoms with E-state index in [1.54, 1.807) is 6.07 Å². The Balaban J connectivity index is 2.22. The Morgan fingerprint density at radius 3 is 2.35 bits per heavy atom. The molecule has 0 unspecified atom stereocenters. The van der Waals surface area contributed by atoms with Crippen molar-refractivity contribution in [1.82, 2.24) is 5.32 Å².